The van der Waals surface area contributed by atoms with Crippen molar-refractivity contribution in [3.63, 3.8) is 0 Å². The van der Waals surface area contributed by atoms with Crippen LogP contribution in [0.5, 0.6) is 0 Å². The maximum Gasteiger partial charge on any atom is 0.157 e. The fourth-order valence-electron chi connectivity index (χ4n) is 5.16. The fraction of sp³-hybridized carbons (Fsp3) is 0.667. The average Bonchev–Trinajstić information content (AvgIpc) is 3.30. The zero-order chi connectivity index (χ0) is 15.4. The Morgan fingerprint density at radius 1 is 1.22 bits per heavy atom. The average molecular weight is 311 g/mol. The van der Waals surface area contributed by atoms with Gasteiger partial charge in [0.1, 0.15) is 5.82 Å². The predicted octanol–water partition coefficient (Wildman–Crippen LogP) is 2.78. The first kappa shape index (κ1) is 13.8. The van der Waals surface area contributed by atoms with Crippen LogP contribution < -0.4 is 11.1 Å². The maximum absolute atomic E-state index is 6.10. The van der Waals surface area contributed by atoms with E-state index in [-0.39, 0.29) is 0 Å². The van der Waals surface area contributed by atoms with E-state index in [0.29, 0.717) is 17.5 Å². The minimum atomic E-state index is 0.344. The van der Waals surface area contributed by atoms with E-state index < -0.39 is 0 Å². The van der Waals surface area contributed by atoms with Gasteiger partial charge in [0.15, 0.2) is 5.65 Å². The monoisotopic (exact) mass is 311 g/mol. The van der Waals surface area contributed by atoms with Gasteiger partial charge >= 0.3 is 0 Å². The van der Waals surface area contributed by atoms with E-state index in [1.165, 1.54) is 49.2 Å². The van der Waals surface area contributed by atoms with Gasteiger partial charge in [-0.2, -0.15) is 9.61 Å². The molecule has 122 valence electrons. The molecule has 2 saturated carbocycles. The van der Waals surface area contributed by atoms with Crippen LogP contribution >= 0.6 is 0 Å². The van der Waals surface area contributed by atoms with Crippen LogP contribution in [0, 0.1) is 0 Å². The van der Waals surface area contributed by atoms with Gasteiger partial charge in [-0.1, -0.05) is 12.8 Å². The molecule has 23 heavy (non-hydrogen) atoms. The van der Waals surface area contributed by atoms with E-state index in [4.69, 9.17) is 10.7 Å². The minimum absolute atomic E-state index is 0.344. The third-order valence-corrected chi connectivity index (χ3v) is 6.36. The second-order valence-corrected chi connectivity index (χ2v) is 7.79. The highest BCUT2D eigenvalue weighted by Crippen LogP contribution is 2.51. The second kappa shape index (κ2) is 4.94. The summed E-state index contributed by atoms with van der Waals surface area (Å²) in [7, 11) is 0. The molecular formula is C18H25N5. The van der Waals surface area contributed by atoms with Gasteiger partial charge in [-0.3, -0.25) is 0 Å². The van der Waals surface area contributed by atoms with E-state index in [0.717, 1.165) is 31.3 Å². The summed E-state index contributed by atoms with van der Waals surface area (Å²) in [6.45, 7) is 0. The number of nitrogens with zero attached hydrogens (tertiary/aromatic N) is 3. The number of nitrogens with two attached hydrogens (primary N) is 1. The van der Waals surface area contributed by atoms with Crippen LogP contribution in [0.15, 0.2) is 12.3 Å². The first-order valence-electron chi connectivity index (χ1n) is 9.14. The maximum atomic E-state index is 6.10. The Balaban J connectivity index is 1.62. The molecule has 2 heterocycles. The molecule has 5 heteroatoms. The summed E-state index contributed by atoms with van der Waals surface area (Å²) in [5.74, 6) is 1.19. The minimum Gasteiger partial charge on any atom is -0.367 e. The first-order chi connectivity index (χ1) is 11.3. The molecule has 0 amide bonds. The van der Waals surface area contributed by atoms with E-state index >= 15 is 0 Å². The van der Waals surface area contributed by atoms with Crippen LogP contribution in [0.25, 0.3) is 5.65 Å². The Morgan fingerprint density at radius 2 is 2.09 bits per heavy atom. The van der Waals surface area contributed by atoms with Crippen molar-refractivity contribution in [2.75, 3.05) is 5.32 Å². The summed E-state index contributed by atoms with van der Waals surface area (Å²) in [6.07, 6.45) is 12.9. The van der Waals surface area contributed by atoms with E-state index in [1.54, 1.807) is 0 Å². The molecule has 3 aliphatic rings. The summed E-state index contributed by atoms with van der Waals surface area (Å²) in [5.41, 5.74) is 10.2. The quantitative estimate of drug-likeness (QED) is 0.895. The van der Waals surface area contributed by atoms with Crippen LogP contribution in [-0.4, -0.2) is 26.7 Å². The largest absolute Gasteiger partial charge is 0.367 e. The third kappa shape index (κ3) is 2.02. The number of hydrogen-bond donors (Lipinski definition) is 2. The van der Waals surface area contributed by atoms with Gasteiger partial charge in [0.2, 0.25) is 0 Å². The van der Waals surface area contributed by atoms with E-state index in [9.17, 15) is 0 Å². The lowest BCUT2D eigenvalue weighted by atomic mass is 9.83. The van der Waals surface area contributed by atoms with Crippen molar-refractivity contribution in [2.24, 2.45) is 5.73 Å². The van der Waals surface area contributed by atoms with E-state index in [2.05, 4.69) is 10.4 Å². The van der Waals surface area contributed by atoms with Crippen molar-refractivity contribution >= 4 is 11.5 Å². The normalized spacial score (nSPS) is 28.7. The molecule has 0 unspecified atom stereocenters. The zero-order valence-corrected chi connectivity index (χ0v) is 13.6. The second-order valence-electron chi connectivity index (χ2n) is 7.79. The number of hydrogen-bond acceptors (Lipinski definition) is 4. The van der Waals surface area contributed by atoms with Crippen LogP contribution in [0.4, 0.5) is 5.82 Å². The van der Waals surface area contributed by atoms with Crippen molar-refractivity contribution in [3.8, 4) is 0 Å². The van der Waals surface area contributed by atoms with Gasteiger partial charge in [0, 0.05) is 29.1 Å². The molecule has 0 bridgehead atoms. The topological polar surface area (TPSA) is 68.2 Å². The summed E-state index contributed by atoms with van der Waals surface area (Å²) < 4.78 is 2.01. The van der Waals surface area contributed by atoms with Crippen LogP contribution in [0.3, 0.4) is 0 Å². The molecule has 0 saturated heterocycles. The molecule has 2 fully saturated rings. The zero-order valence-electron chi connectivity index (χ0n) is 13.6. The molecule has 2 aromatic rings. The van der Waals surface area contributed by atoms with Gasteiger partial charge in [0.05, 0.1) is 11.9 Å². The number of anilines is 1. The lowest BCUT2D eigenvalue weighted by molar-refractivity contribution is 0.429. The smallest absolute Gasteiger partial charge is 0.157 e. The molecule has 5 nitrogen and oxygen atoms in total. The summed E-state index contributed by atoms with van der Waals surface area (Å²) in [5, 5.41) is 8.32. The highest BCUT2D eigenvalue weighted by Gasteiger charge is 2.44. The van der Waals surface area contributed by atoms with Crippen LogP contribution in [0.2, 0.25) is 0 Å². The Labute approximate surface area is 136 Å². The van der Waals surface area contributed by atoms with Crippen LogP contribution in [-0.2, 0) is 11.8 Å². The Bertz CT molecular complexity index is 743. The van der Waals surface area contributed by atoms with Gasteiger partial charge in [-0.15, -0.1) is 0 Å². The lowest BCUT2D eigenvalue weighted by Crippen LogP contribution is -2.24. The number of nitrogens with one attached hydrogen (secondary N) is 1. The van der Waals surface area contributed by atoms with Gasteiger partial charge in [-0.25, -0.2) is 4.98 Å². The Kier molecular flexibility index (Phi) is 2.96. The summed E-state index contributed by atoms with van der Waals surface area (Å²) in [4.78, 5) is 5.04. The summed E-state index contributed by atoms with van der Waals surface area (Å²) >= 11 is 0. The Morgan fingerprint density at radius 3 is 2.87 bits per heavy atom. The van der Waals surface area contributed by atoms with Gasteiger partial charge in [0.25, 0.3) is 0 Å². The standard InChI is InChI=1S/C18H25N5/c19-12-3-4-13(11-12)21-17-14-5-9-18(7-1-2-8-18)16(14)22-15-6-10-20-23(15)17/h6,10,12-13,21H,1-5,7-9,11,19H2/t12-,13-/m0/s1. The molecule has 3 aliphatic carbocycles. The molecule has 1 spiro atoms. The van der Waals surface area contributed by atoms with Gasteiger partial charge in [-0.05, 0) is 44.9 Å². The van der Waals surface area contributed by atoms with Crippen molar-refractivity contribution in [1.82, 2.24) is 14.6 Å². The molecule has 2 aromatic heterocycles. The molecule has 2 atom stereocenters. The number of fused-ring (bicyclic) bond motifs is 3. The van der Waals surface area contributed by atoms with Crippen molar-refractivity contribution in [3.05, 3.63) is 23.5 Å². The Hall–Kier alpha value is -1.62. The predicted molar refractivity (Wildman–Crippen MR) is 90.7 cm³/mol. The van der Waals surface area contributed by atoms with Crippen molar-refractivity contribution in [1.29, 1.82) is 0 Å². The molecule has 0 aliphatic heterocycles. The first-order valence-corrected chi connectivity index (χ1v) is 9.14. The molecule has 5 rings (SSSR count). The van der Waals surface area contributed by atoms with Crippen molar-refractivity contribution < 1.29 is 0 Å². The highest BCUT2D eigenvalue weighted by molar-refractivity contribution is 5.59. The third-order valence-electron chi connectivity index (χ3n) is 6.36. The number of aromatic nitrogens is 3. The molecule has 3 N–H and O–H groups in total. The molecular weight excluding hydrogens is 286 g/mol. The van der Waals surface area contributed by atoms with Crippen LogP contribution in [0.1, 0.15) is 62.6 Å². The fourth-order valence-corrected chi connectivity index (χ4v) is 5.16. The lowest BCUT2D eigenvalue weighted by Gasteiger charge is -2.24. The van der Waals surface area contributed by atoms with Gasteiger partial charge < -0.3 is 11.1 Å². The van der Waals surface area contributed by atoms with E-state index in [1.807, 2.05) is 16.8 Å². The molecule has 0 radical (unpaired) electrons. The summed E-state index contributed by atoms with van der Waals surface area (Å²) in [6, 6.07) is 2.85. The number of rotatable bonds is 2. The SMILES string of the molecule is N[C@H]1CC[C@H](Nc2c3c(nc4ccnn24)C2(CCCC2)CC3)C1. The highest BCUT2D eigenvalue weighted by atomic mass is 15.3. The van der Waals surface area contributed by atoms with Crippen molar-refractivity contribution in [2.45, 2.75) is 75.3 Å². The molecule has 0 aromatic carbocycles.